The van der Waals surface area contributed by atoms with E-state index in [1.807, 2.05) is 20.8 Å². The molecule has 0 aromatic carbocycles. The predicted octanol–water partition coefficient (Wildman–Crippen LogP) is 3.15. The van der Waals surface area contributed by atoms with Gasteiger partial charge in [0.15, 0.2) is 0 Å². The Kier molecular flexibility index (Phi) is 3.64. The third-order valence-corrected chi connectivity index (χ3v) is 3.99. The lowest BCUT2D eigenvalue weighted by molar-refractivity contribution is 0.0809. The average molecular weight is 238 g/mol. The van der Waals surface area contributed by atoms with E-state index in [9.17, 15) is 4.79 Å². The molecule has 2 fully saturated rings. The summed E-state index contributed by atoms with van der Waals surface area (Å²) in [6.07, 6.45) is 7.69. The molecule has 1 aliphatic carbocycles. The lowest BCUT2D eigenvalue weighted by Crippen LogP contribution is -2.56. The van der Waals surface area contributed by atoms with Crippen molar-refractivity contribution < 1.29 is 4.79 Å². The quantitative estimate of drug-likeness (QED) is 0.691. The highest BCUT2D eigenvalue weighted by Gasteiger charge is 2.36. The number of nitrogens with one attached hydrogen (secondary N) is 1. The standard InChI is InChI=1S/C14H26N2O/c1-14(2,3)15-13(17)16-10-6-8-11-7-4-5-9-12(11)16/h11-12H,4-10H2,1-3H3,(H,15,17). The Labute approximate surface area is 105 Å². The van der Waals surface area contributed by atoms with Crippen LogP contribution in [-0.2, 0) is 0 Å². The Balaban J connectivity index is 2.01. The third-order valence-electron chi connectivity index (χ3n) is 3.99. The SMILES string of the molecule is CC(C)(C)NC(=O)N1CCCC2CCCCC21. The van der Waals surface area contributed by atoms with Crippen LogP contribution in [0.2, 0.25) is 0 Å². The fourth-order valence-electron chi connectivity index (χ4n) is 3.27. The molecule has 2 amide bonds. The van der Waals surface area contributed by atoms with Gasteiger partial charge in [-0.1, -0.05) is 12.8 Å². The molecule has 2 atom stereocenters. The molecule has 1 N–H and O–H groups in total. The molecule has 0 radical (unpaired) electrons. The largest absolute Gasteiger partial charge is 0.333 e. The second kappa shape index (κ2) is 4.87. The number of amides is 2. The molecule has 3 heteroatoms. The minimum Gasteiger partial charge on any atom is -0.333 e. The van der Waals surface area contributed by atoms with Crippen molar-refractivity contribution in [1.29, 1.82) is 0 Å². The maximum absolute atomic E-state index is 12.3. The highest BCUT2D eigenvalue weighted by molar-refractivity contribution is 5.75. The van der Waals surface area contributed by atoms with Crippen molar-refractivity contribution >= 4 is 6.03 Å². The predicted molar refractivity (Wildman–Crippen MR) is 70.0 cm³/mol. The number of likely N-dealkylation sites (tertiary alicyclic amines) is 1. The highest BCUT2D eigenvalue weighted by Crippen LogP contribution is 2.35. The Morgan fingerprint density at radius 3 is 2.47 bits per heavy atom. The van der Waals surface area contributed by atoms with E-state index in [2.05, 4.69) is 10.2 Å². The zero-order valence-corrected chi connectivity index (χ0v) is 11.5. The molecule has 2 unspecified atom stereocenters. The maximum atomic E-state index is 12.3. The van der Waals surface area contributed by atoms with E-state index in [1.54, 1.807) is 0 Å². The first-order valence-corrected chi connectivity index (χ1v) is 7.06. The molecule has 1 aliphatic heterocycles. The maximum Gasteiger partial charge on any atom is 0.318 e. The smallest absolute Gasteiger partial charge is 0.318 e. The Bertz CT molecular complexity index is 280. The van der Waals surface area contributed by atoms with Crippen molar-refractivity contribution in [3.63, 3.8) is 0 Å². The summed E-state index contributed by atoms with van der Waals surface area (Å²) >= 11 is 0. The third kappa shape index (κ3) is 3.14. The molecular formula is C14H26N2O. The zero-order chi connectivity index (χ0) is 12.5. The summed E-state index contributed by atoms with van der Waals surface area (Å²) in [4.78, 5) is 14.4. The van der Waals surface area contributed by atoms with E-state index in [4.69, 9.17) is 0 Å². The molecule has 1 heterocycles. The second-order valence-electron chi connectivity index (χ2n) is 6.63. The van der Waals surface area contributed by atoms with Gasteiger partial charge in [0, 0.05) is 18.1 Å². The summed E-state index contributed by atoms with van der Waals surface area (Å²) in [6, 6.07) is 0.661. The molecule has 0 aromatic heterocycles. The summed E-state index contributed by atoms with van der Waals surface area (Å²) in [5, 5.41) is 3.11. The molecule has 1 saturated heterocycles. The van der Waals surface area contributed by atoms with Gasteiger partial charge in [-0.15, -0.1) is 0 Å². The van der Waals surface area contributed by atoms with Gasteiger partial charge in [-0.2, -0.15) is 0 Å². The summed E-state index contributed by atoms with van der Waals surface area (Å²) in [6.45, 7) is 7.09. The number of hydrogen-bond donors (Lipinski definition) is 1. The highest BCUT2D eigenvalue weighted by atomic mass is 16.2. The van der Waals surface area contributed by atoms with Gasteiger partial charge in [0.2, 0.25) is 0 Å². The summed E-state index contributed by atoms with van der Waals surface area (Å²) < 4.78 is 0. The van der Waals surface area contributed by atoms with Crippen molar-refractivity contribution in [2.75, 3.05) is 6.54 Å². The van der Waals surface area contributed by atoms with E-state index >= 15 is 0 Å². The van der Waals surface area contributed by atoms with Crippen molar-refractivity contribution in [1.82, 2.24) is 10.2 Å². The molecule has 0 spiro atoms. The molecule has 3 nitrogen and oxygen atoms in total. The van der Waals surface area contributed by atoms with Gasteiger partial charge in [0.05, 0.1) is 0 Å². The van der Waals surface area contributed by atoms with E-state index in [1.165, 1.54) is 38.5 Å². The van der Waals surface area contributed by atoms with Crippen LogP contribution in [0.15, 0.2) is 0 Å². The molecule has 0 bridgehead atoms. The number of carbonyl (C=O) groups is 1. The van der Waals surface area contributed by atoms with E-state index in [0.29, 0.717) is 6.04 Å². The van der Waals surface area contributed by atoms with Crippen LogP contribution < -0.4 is 5.32 Å². The van der Waals surface area contributed by atoms with Crippen LogP contribution in [0, 0.1) is 5.92 Å². The minimum atomic E-state index is -0.126. The van der Waals surface area contributed by atoms with Gasteiger partial charge in [0.25, 0.3) is 0 Å². The van der Waals surface area contributed by atoms with Crippen LogP contribution in [0.1, 0.15) is 59.3 Å². The number of urea groups is 1. The van der Waals surface area contributed by atoms with Gasteiger partial charge < -0.3 is 10.2 Å². The average Bonchev–Trinajstić information content (AvgIpc) is 2.26. The van der Waals surface area contributed by atoms with Gasteiger partial charge in [-0.25, -0.2) is 4.79 Å². The summed E-state index contributed by atoms with van der Waals surface area (Å²) in [5.41, 5.74) is -0.126. The molecular weight excluding hydrogens is 212 g/mol. The van der Waals surface area contributed by atoms with Crippen molar-refractivity contribution in [2.24, 2.45) is 5.92 Å². The van der Waals surface area contributed by atoms with Gasteiger partial charge >= 0.3 is 6.03 Å². The Hall–Kier alpha value is -0.730. The topological polar surface area (TPSA) is 32.3 Å². The van der Waals surface area contributed by atoms with Crippen LogP contribution in [0.25, 0.3) is 0 Å². The van der Waals surface area contributed by atoms with E-state index in [-0.39, 0.29) is 11.6 Å². The van der Waals surface area contributed by atoms with Crippen molar-refractivity contribution in [3.8, 4) is 0 Å². The molecule has 0 aromatic rings. The zero-order valence-electron chi connectivity index (χ0n) is 11.5. The number of nitrogens with zero attached hydrogens (tertiary/aromatic N) is 1. The fraction of sp³-hybridized carbons (Fsp3) is 0.929. The van der Waals surface area contributed by atoms with Crippen LogP contribution in [-0.4, -0.2) is 29.1 Å². The number of rotatable bonds is 0. The molecule has 98 valence electrons. The van der Waals surface area contributed by atoms with E-state index in [0.717, 1.165) is 12.5 Å². The van der Waals surface area contributed by atoms with Crippen LogP contribution in [0.5, 0.6) is 0 Å². The van der Waals surface area contributed by atoms with Crippen molar-refractivity contribution in [2.45, 2.75) is 70.9 Å². The normalized spacial score (nSPS) is 29.7. The van der Waals surface area contributed by atoms with Crippen LogP contribution in [0.3, 0.4) is 0 Å². The summed E-state index contributed by atoms with van der Waals surface area (Å²) in [7, 11) is 0. The monoisotopic (exact) mass is 238 g/mol. The van der Waals surface area contributed by atoms with Crippen LogP contribution >= 0.6 is 0 Å². The Morgan fingerprint density at radius 2 is 1.76 bits per heavy atom. The fourth-order valence-corrected chi connectivity index (χ4v) is 3.27. The molecule has 2 rings (SSSR count). The minimum absolute atomic E-state index is 0.126. The van der Waals surface area contributed by atoms with Gasteiger partial charge in [-0.3, -0.25) is 0 Å². The number of carbonyl (C=O) groups excluding carboxylic acids is 1. The molecule has 2 aliphatic rings. The first-order valence-electron chi connectivity index (χ1n) is 7.06. The second-order valence-corrected chi connectivity index (χ2v) is 6.63. The van der Waals surface area contributed by atoms with Crippen molar-refractivity contribution in [3.05, 3.63) is 0 Å². The first-order chi connectivity index (χ1) is 7.97. The molecule has 17 heavy (non-hydrogen) atoms. The lowest BCUT2D eigenvalue weighted by atomic mass is 9.78. The van der Waals surface area contributed by atoms with Gasteiger partial charge in [0.1, 0.15) is 0 Å². The number of piperidine rings is 1. The van der Waals surface area contributed by atoms with Crippen LogP contribution in [0.4, 0.5) is 4.79 Å². The molecule has 1 saturated carbocycles. The lowest BCUT2D eigenvalue weighted by Gasteiger charge is -2.44. The Morgan fingerprint density at radius 1 is 1.12 bits per heavy atom. The number of hydrogen-bond acceptors (Lipinski definition) is 1. The van der Waals surface area contributed by atoms with E-state index < -0.39 is 0 Å². The number of fused-ring (bicyclic) bond motifs is 1. The van der Waals surface area contributed by atoms with Gasteiger partial charge in [-0.05, 0) is 52.4 Å². The summed E-state index contributed by atoms with van der Waals surface area (Å²) in [5.74, 6) is 0.767. The first kappa shape index (κ1) is 12.7.